The fraction of sp³-hybridized carbons (Fsp3) is 0.278. The number of amides is 1. The second-order valence-corrected chi connectivity index (χ2v) is 10.9. The highest BCUT2D eigenvalue weighted by atomic mass is 32.2. The lowest BCUT2D eigenvalue weighted by atomic mass is 10.2. The van der Waals surface area contributed by atoms with Crippen molar-refractivity contribution in [2.75, 3.05) is 16.8 Å². The quantitative estimate of drug-likeness (QED) is 0.859. The molecule has 3 rings (SSSR count). The van der Waals surface area contributed by atoms with Crippen LogP contribution in [0, 0.1) is 6.92 Å². The fourth-order valence-corrected chi connectivity index (χ4v) is 7.28. The molecule has 0 radical (unpaired) electrons. The summed E-state index contributed by atoms with van der Waals surface area (Å²) < 4.78 is 48.2. The largest absolute Gasteiger partial charge is 0.322 e. The average Bonchev–Trinajstić information content (AvgIpc) is 2.96. The molecule has 1 fully saturated rings. The average molecular weight is 393 g/mol. The summed E-state index contributed by atoms with van der Waals surface area (Å²) in [5, 5.41) is 1.84. The Bertz CT molecular complexity index is 1040. The van der Waals surface area contributed by atoms with E-state index in [4.69, 9.17) is 0 Å². The van der Waals surface area contributed by atoms with Crippen LogP contribution in [0.2, 0.25) is 0 Å². The Hall–Kier alpha value is -2.19. The molecule has 1 amide bonds. The minimum Gasteiger partial charge on any atom is -0.322 e. The van der Waals surface area contributed by atoms with Crippen LogP contribution in [0.15, 0.2) is 53.4 Å². The molecule has 1 saturated heterocycles. The first-order chi connectivity index (χ1) is 12.2. The predicted molar refractivity (Wildman–Crippen MR) is 99.8 cm³/mol. The summed E-state index contributed by atoms with van der Waals surface area (Å²) >= 11 is 0. The minimum atomic E-state index is -3.73. The van der Waals surface area contributed by atoms with E-state index >= 15 is 0 Å². The van der Waals surface area contributed by atoms with Crippen molar-refractivity contribution in [1.29, 1.82) is 0 Å². The summed E-state index contributed by atoms with van der Waals surface area (Å²) in [6.07, 6.45) is 0.111. The van der Waals surface area contributed by atoms with Gasteiger partial charge in [0.25, 0.3) is 5.91 Å². The molecule has 2 aromatic rings. The molecule has 1 heterocycles. The SMILES string of the molecule is Cc1cccc(NC(=O)c2ccc(S(=O)(=O)C3CCS(=O)(=O)C3)cc2)c1. The standard InChI is InChI=1S/C18H19NO5S2/c1-13-3-2-4-15(11-13)19-18(20)14-5-7-16(8-6-14)26(23,24)17-9-10-25(21,22)12-17/h2-8,11,17H,9-10,12H2,1H3,(H,19,20). The summed E-state index contributed by atoms with van der Waals surface area (Å²) in [7, 11) is -7.02. The first kappa shape index (κ1) is 18.6. The Morgan fingerprint density at radius 2 is 1.81 bits per heavy atom. The van der Waals surface area contributed by atoms with E-state index in [2.05, 4.69) is 5.32 Å². The van der Waals surface area contributed by atoms with Crippen molar-refractivity contribution >= 4 is 31.3 Å². The Morgan fingerprint density at radius 1 is 1.12 bits per heavy atom. The number of benzene rings is 2. The summed E-state index contributed by atoms with van der Waals surface area (Å²) in [6, 6.07) is 12.9. The maximum Gasteiger partial charge on any atom is 0.255 e. The van der Waals surface area contributed by atoms with Crippen molar-refractivity contribution in [3.63, 3.8) is 0 Å². The molecule has 0 bridgehead atoms. The van der Waals surface area contributed by atoms with Gasteiger partial charge in [0.1, 0.15) is 0 Å². The van der Waals surface area contributed by atoms with Crippen molar-refractivity contribution in [3.8, 4) is 0 Å². The van der Waals surface area contributed by atoms with Gasteiger partial charge in [0, 0.05) is 11.3 Å². The van der Waals surface area contributed by atoms with Crippen LogP contribution in [0.4, 0.5) is 5.69 Å². The number of rotatable bonds is 4. The van der Waals surface area contributed by atoms with Gasteiger partial charge in [-0.15, -0.1) is 0 Å². The van der Waals surface area contributed by atoms with Crippen molar-refractivity contribution in [2.45, 2.75) is 23.5 Å². The molecule has 1 unspecified atom stereocenters. The van der Waals surface area contributed by atoms with E-state index in [0.29, 0.717) is 11.3 Å². The van der Waals surface area contributed by atoms with Crippen molar-refractivity contribution in [3.05, 3.63) is 59.7 Å². The Labute approximate surface area is 153 Å². The summed E-state index contributed by atoms with van der Waals surface area (Å²) in [4.78, 5) is 12.3. The lowest BCUT2D eigenvalue weighted by molar-refractivity contribution is 0.102. The van der Waals surface area contributed by atoms with Gasteiger partial charge < -0.3 is 5.32 Å². The van der Waals surface area contributed by atoms with E-state index in [0.717, 1.165) is 5.56 Å². The Morgan fingerprint density at radius 3 is 2.38 bits per heavy atom. The Balaban J connectivity index is 1.77. The number of sulfone groups is 2. The normalized spacial score (nSPS) is 19.2. The van der Waals surface area contributed by atoms with Crippen LogP contribution in [0.25, 0.3) is 0 Å². The molecule has 0 saturated carbocycles. The van der Waals surface area contributed by atoms with Crippen molar-refractivity contribution in [2.24, 2.45) is 0 Å². The van der Waals surface area contributed by atoms with Crippen molar-refractivity contribution < 1.29 is 21.6 Å². The molecule has 6 nitrogen and oxygen atoms in total. The summed E-state index contributed by atoms with van der Waals surface area (Å²) in [6.45, 7) is 1.92. The molecule has 2 aromatic carbocycles. The molecule has 26 heavy (non-hydrogen) atoms. The van der Waals surface area contributed by atoms with E-state index in [1.165, 1.54) is 24.3 Å². The molecule has 1 atom stereocenters. The number of aryl methyl sites for hydroxylation is 1. The van der Waals surface area contributed by atoms with Gasteiger partial charge in [-0.2, -0.15) is 0 Å². The highest BCUT2D eigenvalue weighted by Crippen LogP contribution is 2.25. The lowest BCUT2D eigenvalue weighted by Crippen LogP contribution is -2.22. The van der Waals surface area contributed by atoms with Gasteiger partial charge >= 0.3 is 0 Å². The topological polar surface area (TPSA) is 97.4 Å². The number of hydrogen-bond acceptors (Lipinski definition) is 5. The maximum atomic E-state index is 12.6. The third kappa shape index (κ3) is 3.96. The van der Waals surface area contributed by atoms with E-state index in [1.807, 2.05) is 25.1 Å². The summed E-state index contributed by atoms with van der Waals surface area (Å²) in [5.41, 5.74) is 1.99. The van der Waals surface area contributed by atoms with Gasteiger partial charge in [-0.1, -0.05) is 12.1 Å². The summed E-state index contributed by atoms with van der Waals surface area (Å²) in [5.74, 6) is -0.790. The van der Waals surface area contributed by atoms with Crippen LogP contribution in [-0.4, -0.2) is 39.5 Å². The second kappa shape index (κ2) is 6.85. The van der Waals surface area contributed by atoms with E-state index in [1.54, 1.807) is 6.07 Å². The zero-order valence-corrected chi connectivity index (χ0v) is 15.8. The van der Waals surface area contributed by atoms with E-state index < -0.39 is 24.9 Å². The fourth-order valence-electron chi connectivity index (χ4n) is 2.92. The first-order valence-electron chi connectivity index (χ1n) is 8.10. The molecule has 0 aliphatic carbocycles. The Kier molecular flexibility index (Phi) is 4.90. The molecular weight excluding hydrogens is 374 g/mol. The van der Waals surface area contributed by atoms with E-state index in [-0.39, 0.29) is 28.7 Å². The zero-order valence-electron chi connectivity index (χ0n) is 14.2. The monoisotopic (exact) mass is 393 g/mol. The number of nitrogens with one attached hydrogen (secondary N) is 1. The molecule has 0 spiro atoms. The predicted octanol–water partition coefficient (Wildman–Crippen LogP) is 2.21. The smallest absolute Gasteiger partial charge is 0.255 e. The molecule has 1 N–H and O–H groups in total. The van der Waals surface area contributed by atoms with Crippen LogP contribution in [0.5, 0.6) is 0 Å². The molecule has 138 valence electrons. The van der Waals surface area contributed by atoms with E-state index in [9.17, 15) is 21.6 Å². The van der Waals surface area contributed by atoms with Crippen LogP contribution >= 0.6 is 0 Å². The molecule has 1 aliphatic rings. The highest BCUT2D eigenvalue weighted by Gasteiger charge is 2.37. The van der Waals surface area contributed by atoms with Crippen LogP contribution in [0.3, 0.4) is 0 Å². The molecular formula is C18H19NO5S2. The second-order valence-electron chi connectivity index (χ2n) is 6.42. The molecule has 1 aliphatic heterocycles. The van der Waals surface area contributed by atoms with Gasteiger partial charge in [0.05, 0.1) is 21.7 Å². The third-order valence-corrected chi connectivity index (χ3v) is 8.54. The van der Waals surface area contributed by atoms with Crippen LogP contribution in [0.1, 0.15) is 22.3 Å². The lowest BCUT2D eigenvalue weighted by Gasteiger charge is -2.11. The highest BCUT2D eigenvalue weighted by molar-refractivity contribution is 7.96. The van der Waals surface area contributed by atoms with Gasteiger partial charge in [-0.3, -0.25) is 4.79 Å². The van der Waals surface area contributed by atoms with Crippen LogP contribution < -0.4 is 5.32 Å². The number of carbonyl (C=O) groups is 1. The maximum absolute atomic E-state index is 12.6. The van der Waals surface area contributed by atoms with Gasteiger partial charge in [-0.05, 0) is 55.3 Å². The van der Waals surface area contributed by atoms with Gasteiger partial charge in [0.15, 0.2) is 19.7 Å². The van der Waals surface area contributed by atoms with Gasteiger partial charge in [-0.25, -0.2) is 16.8 Å². The third-order valence-electron chi connectivity index (χ3n) is 4.35. The van der Waals surface area contributed by atoms with Gasteiger partial charge in [0.2, 0.25) is 0 Å². The molecule has 8 heteroatoms. The van der Waals surface area contributed by atoms with Crippen molar-refractivity contribution in [1.82, 2.24) is 0 Å². The first-order valence-corrected chi connectivity index (χ1v) is 11.5. The van der Waals surface area contributed by atoms with Crippen LogP contribution in [-0.2, 0) is 19.7 Å². The zero-order chi connectivity index (χ0) is 18.9. The number of hydrogen-bond donors (Lipinski definition) is 1. The molecule has 0 aromatic heterocycles. The number of anilines is 1. The number of carbonyl (C=O) groups excluding carboxylic acids is 1. The minimum absolute atomic E-state index is 0.0340.